The predicted molar refractivity (Wildman–Crippen MR) is 102 cm³/mol. The van der Waals surface area contributed by atoms with Crippen molar-refractivity contribution in [2.75, 3.05) is 25.6 Å². The van der Waals surface area contributed by atoms with E-state index in [0.29, 0.717) is 35.4 Å². The van der Waals surface area contributed by atoms with E-state index in [1.807, 2.05) is 6.92 Å². The molecule has 7 nitrogen and oxygen atoms in total. The zero-order valence-electron chi connectivity index (χ0n) is 16.0. The highest BCUT2D eigenvalue weighted by atomic mass is 32.2. The monoisotopic (exact) mass is 392 g/mol. The minimum atomic E-state index is -3.13. The molecule has 2 rings (SSSR count). The first-order valence-corrected chi connectivity index (χ1v) is 10.7. The molecule has 1 heterocycles. The van der Waals surface area contributed by atoms with Gasteiger partial charge in [0.15, 0.2) is 11.5 Å². The number of carbonyl (C=O) groups is 2. The number of hydrogen-bond acceptors (Lipinski definition) is 6. The van der Waals surface area contributed by atoms with Crippen molar-refractivity contribution < 1.29 is 22.5 Å². The number of ketones is 1. The summed E-state index contributed by atoms with van der Waals surface area (Å²) >= 11 is 0. The zero-order chi connectivity index (χ0) is 20.2. The summed E-state index contributed by atoms with van der Waals surface area (Å²) in [4.78, 5) is 25.6. The zero-order valence-corrected chi connectivity index (χ0v) is 16.8. The number of hydrogen-bond donors (Lipinski definition) is 0. The Bertz CT molecular complexity index is 930. The van der Waals surface area contributed by atoms with Crippen LogP contribution in [0.5, 0.6) is 0 Å². The van der Waals surface area contributed by atoms with E-state index < -0.39 is 9.84 Å². The number of aryl methyl sites for hydroxylation is 1. The molecule has 8 heteroatoms. The Balaban J connectivity index is 2.10. The molecule has 0 saturated carbocycles. The van der Waals surface area contributed by atoms with Crippen molar-refractivity contribution in [1.29, 1.82) is 0 Å². The lowest BCUT2D eigenvalue weighted by molar-refractivity contribution is 0.0803. The first kappa shape index (κ1) is 20.8. The molecule has 1 aromatic heterocycles. The molecule has 27 heavy (non-hydrogen) atoms. The van der Waals surface area contributed by atoms with E-state index in [1.54, 1.807) is 31.3 Å². The smallest absolute Gasteiger partial charge is 0.253 e. The normalized spacial score (nSPS) is 11.4. The Kier molecular flexibility index (Phi) is 6.54. The molecule has 0 aliphatic rings. The van der Waals surface area contributed by atoms with E-state index in [4.69, 9.17) is 4.52 Å². The number of rotatable bonds is 8. The van der Waals surface area contributed by atoms with E-state index in [9.17, 15) is 18.0 Å². The highest BCUT2D eigenvalue weighted by Gasteiger charge is 2.19. The van der Waals surface area contributed by atoms with Gasteiger partial charge in [-0.15, -0.1) is 0 Å². The third-order valence-corrected chi connectivity index (χ3v) is 5.15. The van der Waals surface area contributed by atoms with Crippen LogP contribution in [0.15, 0.2) is 28.8 Å². The van der Waals surface area contributed by atoms with E-state index >= 15 is 0 Å². The van der Waals surface area contributed by atoms with Gasteiger partial charge in [0, 0.05) is 31.8 Å². The van der Waals surface area contributed by atoms with Crippen LogP contribution in [0.4, 0.5) is 0 Å². The molecule has 0 saturated heterocycles. The summed E-state index contributed by atoms with van der Waals surface area (Å²) < 4.78 is 27.8. The van der Waals surface area contributed by atoms with Crippen molar-refractivity contribution in [3.05, 3.63) is 52.4 Å². The third kappa shape index (κ3) is 5.50. The lowest BCUT2D eigenvalue weighted by atomic mass is 10.0. The number of carbonyl (C=O) groups excluding carboxylic acids is 2. The quantitative estimate of drug-likeness (QED) is 0.639. The predicted octanol–water partition coefficient (Wildman–Crippen LogP) is 2.15. The first-order chi connectivity index (χ1) is 12.6. The van der Waals surface area contributed by atoms with Gasteiger partial charge in [0.25, 0.3) is 5.91 Å². The van der Waals surface area contributed by atoms with Gasteiger partial charge < -0.3 is 9.42 Å². The van der Waals surface area contributed by atoms with Gasteiger partial charge in [-0.1, -0.05) is 24.2 Å². The number of aromatic nitrogens is 1. The summed E-state index contributed by atoms with van der Waals surface area (Å²) in [6.45, 7) is 3.54. The maximum Gasteiger partial charge on any atom is 0.253 e. The van der Waals surface area contributed by atoms with Gasteiger partial charge in [-0.05, 0) is 31.0 Å². The number of Topliss-reactive ketones (excluding diaryl/α,β-unsaturated/α-hetero) is 1. The Morgan fingerprint density at radius 3 is 2.33 bits per heavy atom. The van der Waals surface area contributed by atoms with Crippen LogP contribution in [0, 0.1) is 0 Å². The van der Waals surface area contributed by atoms with Crippen molar-refractivity contribution in [3.63, 3.8) is 0 Å². The third-order valence-electron chi connectivity index (χ3n) is 4.23. The average Bonchev–Trinajstić information content (AvgIpc) is 3.02. The molecule has 0 fully saturated rings. The van der Waals surface area contributed by atoms with Gasteiger partial charge in [0.2, 0.25) is 0 Å². The van der Waals surface area contributed by atoms with Crippen LogP contribution < -0.4 is 0 Å². The molecule has 0 unspecified atom stereocenters. The van der Waals surface area contributed by atoms with Gasteiger partial charge in [0.1, 0.15) is 9.84 Å². The van der Waals surface area contributed by atoms with Crippen molar-refractivity contribution in [2.24, 2.45) is 0 Å². The standard InChI is InChI=1S/C19H24N2O5S/c1-5-16-18(13(2)22)17(26-20-16)12-14-6-8-15(9-7-14)19(23)21(3)10-11-27(4,24)25/h6-9H,5,10-12H2,1-4H3. The second kappa shape index (κ2) is 8.47. The lowest BCUT2D eigenvalue weighted by Crippen LogP contribution is -2.31. The minimum Gasteiger partial charge on any atom is -0.360 e. The maximum atomic E-state index is 12.4. The van der Waals surface area contributed by atoms with Gasteiger partial charge in [0.05, 0.1) is 17.0 Å². The van der Waals surface area contributed by atoms with Crippen LogP contribution in [0.25, 0.3) is 0 Å². The summed E-state index contributed by atoms with van der Waals surface area (Å²) in [5.41, 5.74) is 2.52. The summed E-state index contributed by atoms with van der Waals surface area (Å²) in [5, 5.41) is 3.96. The number of amides is 1. The van der Waals surface area contributed by atoms with Gasteiger partial charge >= 0.3 is 0 Å². The minimum absolute atomic E-state index is 0.0770. The molecule has 0 aliphatic heterocycles. The molecule has 1 aromatic carbocycles. The second-order valence-electron chi connectivity index (χ2n) is 6.57. The van der Waals surface area contributed by atoms with Crippen molar-refractivity contribution in [3.8, 4) is 0 Å². The van der Waals surface area contributed by atoms with Crippen molar-refractivity contribution in [1.82, 2.24) is 10.1 Å². The Morgan fingerprint density at radius 1 is 1.19 bits per heavy atom. The van der Waals surface area contributed by atoms with Crippen molar-refractivity contribution in [2.45, 2.75) is 26.7 Å². The molecule has 0 spiro atoms. The van der Waals surface area contributed by atoms with Crippen LogP contribution in [-0.4, -0.2) is 55.8 Å². The fourth-order valence-electron chi connectivity index (χ4n) is 2.70. The fraction of sp³-hybridized carbons (Fsp3) is 0.421. The van der Waals surface area contributed by atoms with Gasteiger partial charge in [-0.2, -0.15) is 0 Å². The van der Waals surface area contributed by atoms with Gasteiger partial charge in [-0.3, -0.25) is 9.59 Å². The van der Waals surface area contributed by atoms with E-state index in [1.165, 1.54) is 11.8 Å². The SMILES string of the molecule is CCc1noc(Cc2ccc(C(=O)N(C)CCS(C)(=O)=O)cc2)c1C(C)=O. The van der Waals surface area contributed by atoms with Crippen LogP contribution >= 0.6 is 0 Å². The summed E-state index contributed by atoms with van der Waals surface area (Å²) in [5.74, 6) is 0.112. The Labute approximate surface area is 159 Å². The Hall–Kier alpha value is -2.48. The molecule has 0 bridgehead atoms. The number of sulfone groups is 1. The first-order valence-electron chi connectivity index (χ1n) is 8.62. The highest BCUT2D eigenvalue weighted by Crippen LogP contribution is 2.20. The molecule has 2 aromatic rings. The molecule has 0 radical (unpaired) electrons. The molecular weight excluding hydrogens is 368 g/mol. The molecule has 0 N–H and O–H groups in total. The molecule has 0 aliphatic carbocycles. The molecular formula is C19H24N2O5S. The van der Waals surface area contributed by atoms with Crippen LogP contribution in [0.1, 0.15) is 51.6 Å². The Morgan fingerprint density at radius 2 is 1.81 bits per heavy atom. The topological polar surface area (TPSA) is 97.6 Å². The lowest BCUT2D eigenvalue weighted by Gasteiger charge is -2.16. The molecule has 0 atom stereocenters. The fourth-order valence-corrected chi connectivity index (χ4v) is 3.30. The van der Waals surface area contributed by atoms with E-state index in [2.05, 4.69) is 5.16 Å². The maximum absolute atomic E-state index is 12.4. The van der Waals surface area contributed by atoms with E-state index in [0.717, 1.165) is 11.8 Å². The second-order valence-corrected chi connectivity index (χ2v) is 8.83. The average molecular weight is 392 g/mol. The van der Waals surface area contributed by atoms with E-state index in [-0.39, 0.29) is 24.0 Å². The largest absolute Gasteiger partial charge is 0.360 e. The van der Waals surface area contributed by atoms with Gasteiger partial charge in [-0.25, -0.2) is 8.42 Å². The highest BCUT2D eigenvalue weighted by molar-refractivity contribution is 7.90. The van der Waals surface area contributed by atoms with Crippen LogP contribution in [0.3, 0.4) is 0 Å². The summed E-state index contributed by atoms with van der Waals surface area (Å²) in [6, 6.07) is 6.93. The summed E-state index contributed by atoms with van der Waals surface area (Å²) in [7, 11) is -1.55. The van der Waals surface area contributed by atoms with Crippen molar-refractivity contribution >= 4 is 21.5 Å². The molecule has 1 amide bonds. The van der Waals surface area contributed by atoms with Crippen LogP contribution in [0.2, 0.25) is 0 Å². The molecule has 146 valence electrons. The number of nitrogens with zero attached hydrogens (tertiary/aromatic N) is 2. The van der Waals surface area contributed by atoms with Crippen LogP contribution in [-0.2, 0) is 22.7 Å². The summed E-state index contributed by atoms with van der Waals surface area (Å²) in [6.07, 6.45) is 2.16. The number of benzene rings is 1.